The molecule has 0 aromatic carbocycles. The third-order valence-corrected chi connectivity index (χ3v) is 1.50. The Kier molecular flexibility index (Phi) is 4.22. The van der Waals surface area contributed by atoms with Gasteiger partial charge in [0.25, 0.3) is 0 Å². The van der Waals surface area contributed by atoms with Crippen LogP contribution in [0.3, 0.4) is 0 Å². The van der Waals surface area contributed by atoms with Crippen LogP contribution in [0.15, 0.2) is 11.1 Å². The van der Waals surface area contributed by atoms with Gasteiger partial charge in [-0.2, -0.15) is 0 Å². The largest absolute Gasteiger partial charge is 0.219 e. The summed E-state index contributed by atoms with van der Waals surface area (Å²) in [5.74, 6) is 1.42. The summed E-state index contributed by atoms with van der Waals surface area (Å²) >= 11 is 0. The van der Waals surface area contributed by atoms with Gasteiger partial charge in [-0.3, -0.25) is 0 Å². The Morgan fingerprint density at radius 1 is 1.00 bits per heavy atom. The predicted octanol–water partition coefficient (Wildman–Crippen LogP) is 2.96. The quantitative estimate of drug-likeness (QED) is 0.616. The molecule has 0 bridgehead atoms. The summed E-state index contributed by atoms with van der Waals surface area (Å²) in [4.78, 5) is 0. The van der Waals surface area contributed by atoms with Gasteiger partial charge in [-0.1, -0.05) is 6.92 Å². The van der Waals surface area contributed by atoms with Crippen molar-refractivity contribution in [2.75, 3.05) is 0 Å². The van der Waals surface area contributed by atoms with Gasteiger partial charge in [0, 0.05) is 0 Å². The van der Waals surface area contributed by atoms with E-state index < -0.39 is 0 Å². The van der Waals surface area contributed by atoms with Crippen molar-refractivity contribution in [3.63, 3.8) is 0 Å². The minimum atomic E-state index is 0. The zero-order chi connectivity index (χ0) is 6.73. The van der Waals surface area contributed by atoms with Gasteiger partial charge < -0.3 is 0 Å². The van der Waals surface area contributed by atoms with Crippen LogP contribution in [0.1, 0.15) is 34.6 Å². The Bertz CT molecular complexity index is 97.1. The molecule has 0 radical (unpaired) electrons. The SMILES string of the molecule is CC(C)=C(C)[C-](C)C.[Rf]. The Balaban J connectivity index is 0. The summed E-state index contributed by atoms with van der Waals surface area (Å²) in [7, 11) is 0. The summed E-state index contributed by atoms with van der Waals surface area (Å²) < 4.78 is 0. The van der Waals surface area contributed by atoms with E-state index in [0.717, 1.165) is 0 Å². The average molecular weight is 378 g/mol. The number of hydrogen-bond acceptors (Lipinski definition) is 0. The topological polar surface area (TPSA) is 0 Å². The van der Waals surface area contributed by atoms with E-state index in [4.69, 9.17) is 0 Å². The van der Waals surface area contributed by atoms with Crippen LogP contribution in [0, 0.1) is 5.92 Å². The third-order valence-electron chi connectivity index (χ3n) is 1.50. The van der Waals surface area contributed by atoms with E-state index in [1.54, 1.807) is 0 Å². The fraction of sp³-hybridized carbons (Fsp3) is 0.625. The van der Waals surface area contributed by atoms with Crippen LogP contribution in [0.5, 0.6) is 0 Å². The first kappa shape index (κ1) is 10.6. The van der Waals surface area contributed by atoms with Crippen LogP contribution in [0.4, 0.5) is 0 Å². The Labute approximate surface area is 52.6 Å². The van der Waals surface area contributed by atoms with Crippen molar-refractivity contribution in [1.29, 1.82) is 0 Å². The third kappa shape index (κ3) is 3.22. The second kappa shape index (κ2) is 3.59. The van der Waals surface area contributed by atoms with Gasteiger partial charge in [0.05, 0.1) is 0 Å². The molecule has 0 unspecified atom stereocenters. The van der Waals surface area contributed by atoms with E-state index in [0.29, 0.717) is 0 Å². The normalized spacial score (nSPS) is 7.67. The average Bonchev–Trinajstić information content (AvgIpc) is 1.64. The van der Waals surface area contributed by atoms with Gasteiger partial charge in [-0.15, -0.1) is 27.7 Å². The molecule has 0 amide bonds. The van der Waals surface area contributed by atoms with Crippen LogP contribution in [0.2, 0.25) is 0 Å². The van der Waals surface area contributed by atoms with Crippen molar-refractivity contribution >= 4 is 0 Å². The summed E-state index contributed by atoms with van der Waals surface area (Å²) in [6.45, 7) is 10.7. The van der Waals surface area contributed by atoms with Gasteiger partial charge in [0.15, 0.2) is 0 Å². The van der Waals surface area contributed by atoms with Crippen molar-refractivity contribution in [3.8, 4) is 0 Å². The molecular formula is C8H15Rf-. The maximum atomic E-state index is 2.16. The smallest absolute Gasteiger partial charge is 0 e. The molecule has 0 fully saturated rings. The number of hydrogen-bond donors (Lipinski definition) is 0. The van der Waals surface area contributed by atoms with Crippen LogP contribution < -0.4 is 0 Å². The minimum absolute atomic E-state index is 0. The van der Waals surface area contributed by atoms with E-state index in [1.807, 2.05) is 0 Å². The molecule has 0 saturated carbocycles. The van der Waals surface area contributed by atoms with E-state index in [1.165, 1.54) is 17.1 Å². The molecule has 0 nitrogen and oxygen atoms in total. The Morgan fingerprint density at radius 3 is 1.33 bits per heavy atom. The van der Waals surface area contributed by atoms with Crippen molar-refractivity contribution in [3.05, 3.63) is 17.1 Å². The van der Waals surface area contributed by atoms with Gasteiger partial charge in [0.1, 0.15) is 0 Å². The van der Waals surface area contributed by atoms with Crippen LogP contribution >= 0.6 is 0 Å². The summed E-state index contributed by atoms with van der Waals surface area (Å²) in [5, 5.41) is 0. The van der Waals surface area contributed by atoms with E-state index in [9.17, 15) is 0 Å². The molecule has 9 heavy (non-hydrogen) atoms. The zero-order valence-electron chi connectivity index (χ0n) is 7.21. The van der Waals surface area contributed by atoms with Crippen molar-refractivity contribution < 1.29 is 0 Å². The molecule has 0 aromatic heterocycles. The molecule has 0 spiro atoms. The molecule has 0 heterocycles. The Hall–Kier alpha value is -1.39. The molecule has 50 valence electrons. The maximum absolute atomic E-state index is 2.16. The Morgan fingerprint density at radius 2 is 1.33 bits per heavy atom. The van der Waals surface area contributed by atoms with Crippen molar-refractivity contribution in [1.82, 2.24) is 0 Å². The molecule has 0 aliphatic rings. The first-order valence-corrected chi connectivity index (χ1v) is 3.00. The van der Waals surface area contributed by atoms with Crippen LogP contribution in [0.25, 0.3) is 0 Å². The van der Waals surface area contributed by atoms with Crippen molar-refractivity contribution in [2.45, 2.75) is 34.6 Å². The van der Waals surface area contributed by atoms with Gasteiger partial charge >= 0.3 is 0 Å². The second-order valence-electron chi connectivity index (χ2n) is 2.62. The predicted molar refractivity (Wildman–Crippen MR) is 38.6 cm³/mol. The number of allylic oxidation sites excluding steroid dienone is 2. The maximum Gasteiger partial charge on any atom is 0 e. The summed E-state index contributed by atoms with van der Waals surface area (Å²) in [6.07, 6.45) is 0. The molecule has 0 aliphatic heterocycles. The van der Waals surface area contributed by atoms with Gasteiger partial charge in [0.2, 0.25) is 0 Å². The van der Waals surface area contributed by atoms with Gasteiger partial charge in [-0.25, -0.2) is 17.1 Å². The minimum Gasteiger partial charge on any atom is -0.219 e. The molecule has 0 atom stereocenters. The standard InChI is InChI=1S/C8H15.Rf/c1-6(2)8(5)7(3)4;/h1-5H3;/q-1;. The van der Waals surface area contributed by atoms with Crippen molar-refractivity contribution in [2.24, 2.45) is 0 Å². The molecule has 0 saturated heterocycles. The fourth-order valence-corrected chi connectivity index (χ4v) is 0.500. The molecule has 0 aromatic rings. The van der Waals surface area contributed by atoms with Crippen LogP contribution in [-0.2, 0) is 0 Å². The van der Waals surface area contributed by atoms with E-state index in [2.05, 4.69) is 34.6 Å². The first-order valence-electron chi connectivity index (χ1n) is 3.00. The molecule has 0 rings (SSSR count). The number of rotatable bonds is 1. The summed E-state index contributed by atoms with van der Waals surface area (Å²) in [6, 6.07) is 0. The molecule has 0 N–H and O–H groups in total. The molecular weight excluding hydrogens is 363 g/mol. The first-order chi connectivity index (χ1) is 3.55. The fourth-order valence-electron chi connectivity index (χ4n) is 0.500. The van der Waals surface area contributed by atoms with Crippen LogP contribution in [-0.4, -0.2) is 0 Å². The second-order valence-corrected chi connectivity index (χ2v) is 2.62. The molecule has 0 aliphatic carbocycles. The van der Waals surface area contributed by atoms with Gasteiger partial charge in [-0.05, 0) is 0 Å². The molecule has 1 heteroatoms. The monoisotopic (exact) mass is 378 g/mol. The van der Waals surface area contributed by atoms with E-state index >= 15 is 0 Å². The zero-order valence-corrected chi connectivity index (χ0v) is 13.6. The van der Waals surface area contributed by atoms with E-state index in [-0.39, 0.29) is 0 Å². The summed E-state index contributed by atoms with van der Waals surface area (Å²) in [5.41, 5.74) is 2.86.